The van der Waals surface area contributed by atoms with Crippen LogP contribution >= 0.6 is 0 Å². The molecule has 0 unspecified atom stereocenters. The summed E-state index contributed by atoms with van der Waals surface area (Å²) in [6, 6.07) is 24.0. The number of amides is 2. The smallest absolute Gasteiger partial charge is 0.319 e. The highest BCUT2D eigenvalue weighted by Crippen LogP contribution is 2.27. The fraction of sp³-hybridized carbons (Fsp3) is 0.296. The minimum Gasteiger partial charge on any atom is -0.493 e. The third-order valence-electron chi connectivity index (χ3n) is 6.01. The highest BCUT2D eigenvalue weighted by molar-refractivity contribution is 5.89. The molecule has 7 heteroatoms. The van der Waals surface area contributed by atoms with E-state index in [1.54, 1.807) is 14.2 Å². The molecular weight excluding hydrogens is 428 g/mol. The molecule has 0 radical (unpaired) electrons. The quantitative estimate of drug-likeness (QED) is 0.523. The van der Waals surface area contributed by atoms with Crippen LogP contribution in [-0.2, 0) is 13.1 Å². The van der Waals surface area contributed by atoms with Crippen LogP contribution in [-0.4, -0.2) is 51.3 Å². The van der Waals surface area contributed by atoms with Gasteiger partial charge in [0.1, 0.15) is 0 Å². The Morgan fingerprint density at radius 3 is 2.18 bits per heavy atom. The van der Waals surface area contributed by atoms with Crippen LogP contribution in [0.25, 0.3) is 0 Å². The molecule has 0 saturated carbocycles. The lowest BCUT2D eigenvalue weighted by molar-refractivity contribution is 0.250. The van der Waals surface area contributed by atoms with Gasteiger partial charge in [-0.1, -0.05) is 36.4 Å². The largest absolute Gasteiger partial charge is 0.493 e. The van der Waals surface area contributed by atoms with E-state index in [0.717, 1.165) is 44.0 Å². The number of carbonyl (C=O) groups is 1. The van der Waals surface area contributed by atoms with Crippen LogP contribution in [0.1, 0.15) is 11.1 Å². The van der Waals surface area contributed by atoms with Gasteiger partial charge in [0.25, 0.3) is 0 Å². The summed E-state index contributed by atoms with van der Waals surface area (Å²) < 4.78 is 10.6. The third-order valence-corrected chi connectivity index (χ3v) is 6.01. The Bertz CT molecular complexity index is 1060. The molecule has 4 rings (SSSR count). The van der Waals surface area contributed by atoms with Crippen molar-refractivity contribution in [2.24, 2.45) is 0 Å². The Morgan fingerprint density at radius 2 is 1.50 bits per heavy atom. The van der Waals surface area contributed by atoms with Crippen LogP contribution in [0.5, 0.6) is 11.5 Å². The van der Waals surface area contributed by atoms with E-state index in [4.69, 9.17) is 9.47 Å². The number of urea groups is 1. The maximum absolute atomic E-state index is 12.3. The van der Waals surface area contributed by atoms with Gasteiger partial charge in [-0.05, 0) is 47.5 Å². The molecule has 7 nitrogen and oxygen atoms in total. The van der Waals surface area contributed by atoms with E-state index < -0.39 is 0 Å². The van der Waals surface area contributed by atoms with Crippen molar-refractivity contribution in [1.82, 2.24) is 10.2 Å². The highest BCUT2D eigenvalue weighted by Gasteiger charge is 2.17. The summed E-state index contributed by atoms with van der Waals surface area (Å²) in [7, 11) is 3.19. The predicted molar refractivity (Wildman–Crippen MR) is 136 cm³/mol. The number of methoxy groups -OCH3 is 2. The van der Waals surface area contributed by atoms with Gasteiger partial charge >= 0.3 is 6.03 Å². The maximum Gasteiger partial charge on any atom is 0.319 e. The molecule has 2 N–H and O–H groups in total. The van der Waals surface area contributed by atoms with Crippen molar-refractivity contribution in [3.05, 3.63) is 83.9 Å². The monoisotopic (exact) mass is 460 g/mol. The Kier molecular flexibility index (Phi) is 7.88. The van der Waals surface area contributed by atoms with Crippen molar-refractivity contribution >= 4 is 17.4 Å². The molecule has 3 aromatic carbocycles. The summed E-state index contributed by atoms with van der Waals surface area (Å²) in [4.78, 5) is 17.2. The van der Waals surface area contributed by atoms with Gasteiger partial charge in [0.15, 0.2) is 11.5 Å². The second kappa shape index (κ2) is 11.4. The minimum atomic E-state index is -0.250. The number of hydrogen-bond donors (Lipinski definition) is 2. The summed E-state index contributed by atoms with van der Waals surface area (Å²) in [6.07, 6.45) is 0. The normalized spacial score (nSPS) is 13.9. The van der Waals surface area contributed by atoms with Gasteiger partial charge in [0.2, 0.25) is 0 Å². The number of benzene rings is 3. The lowest BCUT2D eigenvalue weighted by Gasteiger charge is -2.36. The molecule has 1 heterocycles. The molecule has 1 fully saturated rings. The zero-order valence-electron chi connectivity index (χ0n) is 19.8. The van der Waals surface area contributed by atoms with Crippen LogP contribution in [0.15, 0.2) is 72.8 Å². The van der Waals surface area contributed by atoms with Crippen molar-refractivity contribution in [2.45, 2.75) is 13.1 Å². The van der Waals surface area contributed by atoms with Crippen molar-refractivity contribution in [1.29, 1.82) is 0 Å². The first-order valence-corrected chi connectivity index (χ1v) is 11.5. The van der Waals surface area contributed by atoms with E-state index in [1.807, 2.05) is 30.3 Å². The van der Waals surface area contributed by atoms with Crippen LogP contribution in [0.2, 0.25) is 0 Å². The number of nitrogens with one attached hydrogen (secondary N) is 2. The number of para-hydroxylation sites is 1. The molecule has 2 amide bonds. The van der Waals surface area contributed by atoms with E-state index in [9.17, 15) is 4.79 Å². The Balaban J connectivity index is 1.22. The summed E-state index contributed by atoms with van der Waals surface area (Å²) in [5, 5.41) is 5.77. The van der Waals surface area contributed by atoms with E-state index in [0.29, 0.717) is 18.0 Å². The van der Waals surface area contributed by atoms with Crippen LogP contribution in [0, 0.1) is 0 Å². The standard InChI is InChI=1S/C27H32N4O3/c1-33-25-13-10-22(18-26(25)34-2)19-28-27(32)29-23-11-8-21(9-12-23)20-30-14-16-31(17-15-30)24-6-4-3-5-7-24/h3-13,18H,14-17,19-20H2,1-2H3,(H2,28,29,32). The maximum atomic E-state index is 12.3. The lowest BCUT2D eigenvalue weighted by atomic mass is 10.1. The molecule has 178 valence electrons. The summed E-state index contributed by atoms with van der Waals surface area (Å²) in [5.41, 5.74) is 4.23. The van der Waals surface area contributed by atoms with E-state index >= 15 is 0 Å². The first kappa shape index (κ1) is 23.4. The fourth-order valence-electron chi connectivity index (χ4n) is 4.10. The zero-order valence-corrected chi connectivity index (χ0v) is 19.8. The second-order valence-corrected chi connectivity index (χ2v) is 8.29. The topological polar surface area (TPSA) is 66.1 Å². The average Bonchev–Trinajstić information content (AvgIpc) is 2.89. The Morgan fingerprint density at radius 1 is 0.824 bits per heavy atom. The van der Waals surface area contributed by atoms with Gasteiger partial charge in [-0.3, -0.25) is 4.90 Å². The average molecular weight is 461 g/mol. The number of carbonyl (C=O) groups excluding carboxylic acids is 1. The fourth-order valence-corrected chi connectivity index (χ4v) is 4.10. The predicted octanol–water partition coefficient (Wildman–Crippen LogP) is 4.35. The van der Waals surface area contributed by atoms with E-state index in [2.05, 4.69) is 62.9 Å². The molecule has 0 spiro atoms. The highest BCUT2D eigenvalue weighted by atomic mass is 16.5. The number of anilines is 2. The summed E-state index contributed by atoms with van der Waals surface area (Å²) >= 11 is 0. The number of piperazine rings is 1. The molecule has 1 aliphatic rings. The van der Waals surface area contributed by atoms with Gasteiger partial charge in [0.05, 0.1) is 14.2 Å². The van der Waals surface area contributed by atoms with Gasteiger partial charge in [-0.15, -0.1) is 0 Å². The summed E-state index contributed by atoms with van der Waals surface area (Å²) in [6.45, 7) is 5.43. The molecule has 3 aromatic rings. The molecule has 0 aromatic heterocycles. The molecule has 0 bridgehead atoms. The van der Waals surface area contributed by atoms with Crippen molar-refractivity contribution in [3.8, 4) is 11.5 Å². The van der Waals surface area contributed by atoms with Crippen molar-refractivity contribution < 1.29 is 14.3 Å². The first-order valence-electron chi connectivity index (χ1n) is 11.5. The van der Waals surface area contributed by atoms with Crippen LogP contribution in [0.3, 0.4) is 0 Å². The van der Waals surface area contributed by atoms with Crippen molar-refractivity contribution in [3.63, 3.8) is 0 Å². The van der Waals surface area contributed by atoms with Gasteiger partial charge in [-0.2, -0.15) is 0 Å². The first-order chi connectivity index (χ1) is 16.6. The van der Waals surface area contributed by atoms with Gasteiger partial charge in [-0.25, -0.2) is 4.79 Å². The molecule has 1 saturated heterocycles. The Labute approximate surface area is 201 Å². The molecule has 0 aliphatic carbocycles. The van der Waals surface area contributed by atoms with Gasteiger partial charge < -0.3 is 25.0 Å². The summed E-state index contributed by atoms with van der Waals surface area (Å²) in [5.74, 6) is 1.30. The third kappa shape index (κ3) is 6.20. The second-order valence-electron chi connectivity index (χ2n) is 8.29. The molecular formula is C27H32N4O3. The molecule has 1 aliphatic heterocycles. The molecule has 0 atom stereocenters. The Hall–Kier alpha value is -3.71. The van der Waals surface area contributed by atoms with E-state index in [1.165, 1.54) is 11.3 Å². The number of ether oxygens (including phenoxy) is 2. The minimum absolute atomic E-state index is 0.250. The van der Waals surface area contributed by atoms with Crippen LogP contribution < -0.4 is 25.0 Å². The lowest BCUT2D eigenvalue weighted by Crippen LogP contribution is -2.45. The van der Waals surface area contributed by atoms with E-state index in [-0.39, 0.29) is 6.03 Å². The van der Waals surface area contributed by atoms with Crippen LogP contribution in [0.4, 0.5) is 16.2 Å². The number of hydrogen-bond acceptors (Lipinski definition) is 5. The number of rotatable bonds is 8. The van der Waals surface area contributed by atoms with Crippen molar-refractivity contribution in [2.75, 3.05) is 50.6 Å². The SMILES string of the molecule is COc1ccc(CNC(=O)Nc2ccc(CN3CCN(c4ccccc4)CC3)cc2)cc1OC. The number of nitrogens with zero attached hydrogens (tertiary/aromatic N) is 2. The molecule has 34 heavy (non-hydrogen) atoms. The zero-order chi connectivity index (χ0) is 23.8. The van der Waals surface area contributed by atoms with Gasteiger partial charge in [0, 0.05) is 50.6 Å².